The predicted octanol–water partition coefficient (Wildman–Crippen LogP) is 3.71. The van der Waals surface area contributed by atoms with Crippen LogP contribution in [0.4, 0.5) is 0 Å². The SMILES string of the molecule is CCc1nc(-c2ccoc2)sc1CNCC(C)C. The van der Waals surface area contributed by atoms with Crippen LogP contribution in [0.3, 0.4) is 0 Å². The zero-order valence-electron chi connectivity index (χ0n) is 11.2. The summed E-state index contributed by atoms with van der Waals surface area (Å²) in [6, 6.07) is 1.96. The molecular weight excluding hydrogens is 244 g/mol. The molecule has 0 amide bonds. The number of rotatable bonds is 6. The highest BCUT2D eigenvalue weighted by molar-refractivity contribution is 7.15. The van der Waals surface area contributed by atoms with Crippen molar-refractivity contribution in [3.05, 3.63) is 29.2 Å². The lowest BCUT2D eigenvalue weighted by molar-refractivity contribution is 0.553. The average Bonchev–Trinajstić information content (AvgIpc) is 2.96. The summed E-state index contributed by atoms with van der Waals surface area (Å²) in [6.45, 7) is 8.55. The van der Waals surface area contributed by atoms with E-state index in [2.05, 4.69) is 31.1 Å². The van der Waals surface area contributed by atoms with E-state index >= 15 is 0 Å². The van der Waals surface area contributed by atoms with E-state index in [1.165, 1.54) is 10.6 Å². The Morgan fingerprint density at radius 3 is 2.89 bits per heavy atom. The van der Waals surface area contributed by atoms with Gasteiger partial charge >= 0.3 is 0 Å². The van der Waals surface area contributed by atoms with Crippen molar-refractivity contribution in [2.75, 3.05) is 6.54 Å². The fourth-order valence-electron chi connectivity index (χ4n) is 1.78. The molecule has 4 heteroatoms. The monoisotopic (exact) mass is 264 g/mol. The van der Waals surface area contributed by atoms with Gasteiger partial charge in [0.15, 0.2) is 0 Å². The summed E-state index contributed by atoms with van der Waals surface area (Å²) in [6.07, 6.45) is 4.43. The molecule has 0 bridgehead atoms. The van der Waals surface area contributed by atoms with Crippen LogP contribution >= 0.6 is 11.3 Å². The van der Waals surface area contributed by atoms with Crippen LogP contribution < -0.4 is 5.32 Å². The molecule has 0 fully saturated rings. The van der Waals surface area contributed by atoms with E-state index in [-0.39, 0.29) is 0 Å². The van der Waals surface area contributed by atoms with E-state index in [4.69, 9.17) is 4.42 Å². The normalized spacial score (nSPS) is 11.3. The second-order valence-electron chi connectivity index (χ2n) is 4.78. The third-order valence-corrected chi connectivity index (χ3v) is 3.87. The van der Waals surface area contributed by atoms with Gasteiger partial charge in [0.1, 0.15) is 11.3 Å². The van der Waals surface area contributed by atoms with Crippen LogP contribution in [0, 0.1) is 5.92 Å². The first kappa shape index (κ1) is 13.3. The minimum Gasteiger partial charge on any atom is -0.472 e. The summed E-state index contributed by atoms with van der Waals surface area (Å²) in [5, 5.41) is 4.54. The van der Waals surface area contributed by atoms with Gasteiger partial charge in [-0.3, -0.25) is 0 Å². The molecule has 0 aliphatic heterocycles. The molecule has 3 nitrogen and oxygen atoms in total. The lowest BCUT2D eigenvalue weighted by Gasteiger charge is -2.06. The molecule has 0 saturated heterocycles. The molecule has 0 aromatic carbocycles. The zero-order chi connectivity index (χ0) is 13.0. The summed E-state index contributed by atoms with van der Waals surface area (Å²) in [5.74, 6) is 0.677. The molecule has 98 valence electrons. The van der Waals surface area contributed by atoms with Crippen molar-refractivity contribution in [1.29, 1.82) is 0 Å². The van der Waals surface area contributed by atoms with Crippen LogP contribution in [-0.2, 0) is 13.0 Å². The van der Waals surface area contributed by atoms with Gasteiger partial charge in [0.05, 0.1) is 12.0 Å². The lowest BCUT2D eigenvalue weighted by Crippen LogP contribution is -2.18. The van der Waals surface area contributed by atoms with Gasteiger partial charge in [-0.05, 0) is 24.9 Å². The molecule has 18 heavy (non-hydrogen) atoms. The average molecular weight is 264 g/mol. The van der Waals surface area contributed by atoms with Crippen LogP contribution in [0.2, 0.25) is 0 Å². The van der Waals surface area contributed by atoms with Crippen molar-refractivity contribution < 1.29 is 4.42 Å². The van der Waals surface area contributed by atoms with Gasteiger partial charge in [0.25, 0.3) is 0 Å². The maximum atomic E-state index is 5.12. The minimum atomic E-state index is 0.677. The van der Waals surface area contributed by atoms with E-state index in [0.717, 1.165) is 30.1 Å². The molecule has 0 unspecified atom stereocenters. The molecule has 1 N–H and O–H groups in total. The number of thiazole rings is 1. The summed E-state index contributed by atoms with van der Waals surface area (Å²) in [5.41, 5.74) is 2.28. The molecule has 0 spiro atoms. The Balaban J connectivity index is 2.10. The topological polar surface area (TPSA) is 38.1 Å². The quantitative estimate of drug-likeness (QED) is 0.864. The van der Waals surface area contributed by atoms with E-state index < -0.39 is 0 Å². The molecule has 0 aliphatic carbocycles. The number of furan rings is 1. The van der Waals surface area contributed by atoms with Crippen LogP contribution in [0.1, 0.15) is 31.3 Å². The van der Waals surface area contributed by atoms with E-state index in [0.29, 0.717) is 5.92 Å². The zero-order valence-corrected chi connectivity index (χ0v) is 12.0. The fourth-order valence-corrected chi connectivity index (χ4v) is 2.89. The van der Waals surface area contributed by atoms with Gasteiger partial charge in [0, 0.05) is 17.0 Å². The van der Waals surface area contributed by atoms with E-state index in [9.17, 15) is 0 Å². The minimum absolute atomic E-state index is 0.677. The summed E-state index contributed by atoms with van der Waals surface area (Å²) < 4.78 is 5.12. The Labute approximate surface area is 112 Å². The third-order valence-electron chi connectivity index (χ3n) is 2.72. The van der Waals surface area contributed by atoms with Gasteiger partial charge in [0.2, 0.25) is 0 Å². The van der Waals surface area contributed by atoms with Crippen molar-refractivity contribution >= 4 is 11.3 Å². The Morgan fingerprint density at radius 2 is 2.28 bits per heavy atom. The van der Waals surface area contributed by atoms with Crippen LogP contribution in [-0.4, -0.2) is 11.5 Å². The molecule has 2 aromatic heterocycles. The number of hydrogen-bond donors (Lipinski definition) is 1. The maximum absolute atomic E-state index is 5.12. The Hall–Kier alpha value is -1.13. The summed E-state index contributed by atoms with van der Waals surface area (Å²) in [7, 11) is 0. The van der Waals surface area contributed by atoms with Gasteiger partial charge in [-0.25, -0.2) is 4.98 Å². The van der Waals surface area contributed by atoms with Crippen LogP contribution in [0.25, 0.3) is 10.6 Å². The van der Waals surface area contributed by atoms with Crippen molar-refractivity contribution in [3.8, 4) is 10.6 Å². The molecule has 2 rings (SSSR count). The van der Waals surface area contributed by atoms with E-state index in [1.54, 1.807) is 23.9 Å². The second-order valence-corrected chi connectivity index (χ2v) is 5.86. The number of nitrogens with zero attached hydrogens (tertiary/aromatic N) is 1. The number of nitrogens with one attached hydrogen (secondary N) is 1. The number of aromatic nitrogens is 1. The van der Waals surface area contributed by atoms with Gasteiger partial charge in [-0.2, -0.15) is 0 Å². The van der Waals surface area contributed by atoms with Crippen LogP contribution in [0.5, 0.6) is 0 Å². The van der Waals surface area contributed by atoms with Crippen LogP contribution in [0.15, 0.2) is 23.0 Å². The summed E-state index contributed by atoms with van der Waals surface area (Å²) in [4.78, 5) is 6.03. The molecular formula is C14H20N2OS. The highest BCUT2D eigenvalue weighted by Gasteiger charge is 2.11. The second kappa shape index (κ2) is 6.16. The van der Waals surface area contributed by atoms with Crippen molar-refractivity contribution in [3.63, 3.8) is 0 Å². The first-order valence-corrected chi connectivity index (χ1v) is 7.24. The Kier molecular flexibility index (Phi) is 4.55. The molecule has 0 atom stereocenters. The standard InChI is InChI=1S/C14H20N2OS/c1-4-12-13(8-15-7-10(2)3)18-14(16-12)11-5-6-17-9-11/h5-6,9-10,15H,4,7-8H2,1-3H3. The molecule has 0 aliphatic rings. The van der Waals surface area contributed by atoms with Gasteiger partial charge < -0.3 is 9.73 Å². The molecule has 2 aromatic rings. The van der Waals surface area contributed by atoms with Crippen molar-refractivity contribution in [2.24, 2.45) is 5.92 Å². The van der Waals surface area contributed by atoms with E-state index in [1.807, 2.05) is 6.07 Å². The van der Waals surface area contributed by atoms with Crippen molar-refractivity contribution in [1.82, 2.24) is 10.3 Å². The number of hydrogen-bond acceptors (Lipinski definition) is 4. The highest BCUT2D eigenvalue weighted by atomic mass is 32.1. The summed E-state index contributed by atoms with van der Waals surface area (Å²) >= 11 is 1.76. The highest BCUT2D eigenvalue weighted by Crippen LogP contribution is 2.28. The molecule has 2 heterocycles. The Bertz CT molecular complexity index is 474. The Morgan fingerprint density at radius 1 is 1.44 bits per heavy atom. The number of aryl methyl sites for hydroxylation is 1. The van der Waals surface area contributed by atoms with Gasteiger partial charge in [-0.1, -0.05) is 20.8 Å². The fraction of sp³-hybridized carbons (Fsp3) is 0.500. The first-order chi connectivity index (χ1) is 8.70. The smallest absolute Gasteiger partial charge is 0.127 e. The first-order valence-electron chi connectivity index (χ1n) is 6.42. The molecule has 0 radical (unpaired) electrons. The predicted molar refractivity (Wildman–Crippen MR) is 75.7 cm³/mol. The lowest BCUT2D eigenvalue weighted by atomic mass is 10.2. The largest absolute Gasteiger partial charge is 0.472 e. The molecule has 0 saturated carbocycles. The third kappa shape index (κ3) is 3.21. The van der Waals surface area contributed by atoms with Gasteiger partial charge in [-0.15, -0.1) is 11.3 Å². The van der Waals surface area contributed by atoms with Crippen molar-refractivity contribution in [2.45, 2.75) is 33.7 Å². The maximum Gasteiger partial charge on any atom is 0.127 e.